The molecule has 1 rings (SSSR count). The first-order valence-corrected chi connectivity index (χ1v) is 5.31. The van der Waals surface area contributed by atoms with Crippen LogP contribution in [0.5, 0.6) is 0 Å². The molecule has 3 heteroatoms. The van der Waals surface area contributed by atoms with Gasteiger partial charge in [0.15, 0.2) is 9.76 Å². The number of halogens is 1. The average molecular weight is 187 g/mol. The molecular formula is C8H11ClOSi. The molecule has 0 N–H and O–H groups in total. The molecule has 0 amide bonds. The normalized spacial score (nSPS) is 11.1. The highest BCUT2D eigenvalue weighted by atomic mass is 35.5. The highest BCUT2D eigenvalue weighted by molar-refractivity contribution is 6.46. The lowest BCUT2D eigenvalue weighted by molar-refractivity contribution is 0.450. The molecule has 1 aromatic carbocycles. The topological polar surface area (TPSA) is 9.23 Å². The van der Waals surface area contributed by atoms with E-state index in [-0.39, 0.29) is 0 Å². The minimum atomic E-state index is -0.468. The lowest BCUT2D eigenvalue weighted by Gasteiger charge is -1.98. The zero-order chi connectivity index (χ0) is 8.10. The van der Waals surface area contributed by atoms with Crippen molar-refractivity contribution in [3.05, 3.63) is 29.8 Å². The van der Waals surface area contributed by atoms with Crippen molar-refractivity contribution in [2.24, 2.45) is 0 Å². The zero-order valence-corrected chi connectivity index (χ0v) is 8.68. The molecule has 0 saturated carbocycles. The Kier molecular flexibility index (Phi) is 3.63. The first kappa shape index (κ1) is 8.78. The third kappa shape index (κ3) is 2.65. The predicted octanol–water partition coefficient (Wildman–Crippen LogP) is 0.781. The second kappa shape index (κ2) is 4.54. The Morgan fingerprint density at radius 2 is 2.00 bits per heavy atom. The molecule has 0 aliphatic rings. The molecular weight excluding hydrogens is 176 g/mol. The Morgan fingerprint density at radius 3 is 2.45 bits per heavy atom. The van der Waals surface area contributed by atoms with E-state index >= 15 is 0 Å². The van der Waals surface area contributed by atoms with E-state index in [0.29, 0.717) is 5.88 Å². The van der Waals surface area contributed by atoms with E-state index in [1.54, 1.807) is 7.11 Å². The summed E-state index contributed by atoms with van der Waals surface area (Å²) in [6.45, 7) is 0. The van der Waals surface area contributed by atoms with Crippen molar-refractivity contribution in [2.75, 3.05) is 7.11 Å². The Hall–Kier alpha value is -0.313. The van der Waals surface area contributed by atoms with Gasteiger partial charge in [0.25, 0.3) is 0 Å². The zero-order valence-electron chi connectivity index (χ0n) is 6.51. The van der Waals surface area contributed by atoms with Crippen molar-refractivity contribution in [3.8, 4) is 0 Å². The number of benzene rings is 1. The second-order valence-electron chi connectivity index (χ2n) is 2.38. The highest BCUT2D eigenvalue weighted by Gasteiger charge is 1.92. The van der Waals surface area contributed by atoms with Crippen LogP contribution in [0.3, 0.4) is 0 Å². The highest BCUT2D eigenvalue weighted by Crippen LogP contribution is 1.99. The van der Waals surface area contributed by atoms with Crippen LogP contribution in [-0.4, -0.2) is 16.9 Å². The third-order valence-electron chi connectivity index (χ3n) is 1.49. The average Bonchev–Trinajstić information content (AvgIpc) is 2.07. The van der Waals surface area contributed by atoms with Crippen molar-refractivity contribution in [3.63, 3.8) is 0 Å². The summed E-state index contributed by atoms with van der Waals surface area (Å²) in [4.78, 5) is 0. The van der Waals surface area contributed by atoms with Crippen molar-refractivity contribution < 1.29 is 4.43 Å². The summed E-state index contributed by atoms with van der Waals surface area (Å²) >= 11 is 5.64. The number of alkyl halides is 1. The fourth-order valence-corrected chi connectivity index (χ4v) is 1.83. The smallest absolute Gasteiger partial charge is 0.191 e. The van der Waals surface area contributed by atoms with Crippen LogP contribution in [0.1, 0.15) is 5.56 Å². The van der Waals surface area contributed by atoms with E-state index in [9.17, 15) is 0 Å². The standard InChI is InChI=1S/C8H11ClOSi/c1-10-11-8-4-2-7(6-9)3-5-8/h2-5H,6,11H2,1H3. The van der Waals surface area contributed by atoms with E-state index in [2.05, 4.69) is 12.1 Å². The summed E-state index contributed by atoms with van der Waals surface area (Å²) in [6.07, 6.45) is 0. The van der Waals surface area contributed by atoms with Crippen LogP contribution in [-0.2, 0) is 10.3 Å². The molecule has 0 aliphatic carbocycles. The molecule has 0 fully saturated rings. The summed E-state index contributed by atoms with van der Waals surface area (Å²) in [7, 11) is 1.28. The Balaban J connectivity index is 2.66. The van der Waals surface area contributed by atoms with E-state index in [0.717, 1.165) is 0 Å². The van der Waals surface area contributed by atoms with Crippen molar-refractivity contribution in [1.29, 1.82) is 0 Å². The fourth-order valence-electron chi connectivity index (χ4n) is 0.891. The SMILES string of the molecule is CO[SiH2]c1ccc(CCl)cc1. The van der Waals surface area contributed by atoms with Crippen LogP contribution < -0.4 is 5.19 Å². The summed E-state index contributed by atoms with van der Waals surface area (Å²) in [5.74, 6) is 0.592. The number of hydrogen-bond donors (Lipinski definition) is 0. The third-order valence-corrected chi connectivity index (χ3v) is 2.89. The number of hydrogen-bond acceptors (Lipinski definition) is 1. The van der Waals surface area contributed by atoms with Crippen LogP contribution in [0.25, 0.3) is 0 Å². The molecule has 1 nitrogen and oxygen atoms in total. The Morgan fingerprint density at radius 1 is 1.36 bits per heavy atom. The molecule has 0 heterocycles. The van der Waals surface area contributed by atoms with Crippen LogP contribution in [0.15, 0.2) is 24.3 Å². The van der Waals surface area contributed by atoms with Gasteiger partial charge in [-0.05, 0) is 10.8 Å². The van der Waals surface area contributed by atoms with Gasteiger partial charge in [-0.1, -0.05) is 24.3 Å². The minimum absolute atomic E-state index is 0.468. The molecule has 0 radical (unpaired) electrons. The van der Waals surface area contributed by atoms with Crippen LogP contribution >= 0.6 is 11.6 Å². The van der Waals surface area contributed by atoms with E-state index in [1.807, 2.05) is 12.1 Å². The van der Waals surface area contributed by atoms with E-state index in [4.69, 9.17) is 16.0 Å². The van der Waals surface area contributed by atoms with Crippen LogP contribution in [0.4, 0.5) is 0 Å². The molecule has 1 aromatic rings. The predicted molar refractivity (Wildman–Crippen MR) is 51.2 cm³/mol. The summed E-state index contributed by atoms with van der Waals surface area (Å²) in [6, 6.07) is 8.28. The molecule has 0 atom stereocenters. The lowest BCUT2D eigenvalue weighted by Crippen LogP contribution is -2.15. The van der Waals surface area contributed by atoms with Crippen molar-refractivity contribution in [2.45, 2.75) is 5.88 Å². The van der Waals surface area contributed by atoms with Gasteiger partial charge in [-0.3, -0.25) is 0 Å². The molecule has 0 bridgehead atoms. The van der Waals surface area contributed by atoms with Gasteiger partial charge >= 0.3 is 0 Å². The summed E-state index contributed by atoms with van der Waals surface area (Å²) in [5.41, 5.74) is 1.17. The monoisotopic (exact) mass is 186 g/mol. The van der Waals surface area contributed by atoms with Crippen molar-refractivity contribution in [1.82, 2.24) is 0 Å². The van der Waals surface area contributed by atoms with Gasteiger partial charge in [-0.15, -0.1) is 11.6 Å². The molecule has 0 aliphatic heterocycles. The maximum absolute atomic E-state index is 5.64. The minimum Gasteiger partial charge on any atom is -0.422 e. The summed E-state index contributed by atoms with van der Waals surface area (Å²) in [5, 5.41) is 1.32. The van der Waals surface area contributed by atoms with Gasteiger partial charge in [0, 0.05) is 13.0 Å². The molecule has 60 valence electrons. The summed E-state index contributed by atoms with van der Waals surface area (Å²) < 4.78 is 5.11. The van der Waals surface area contributed by atoms with Gasteiger partial charge in [-0.25, -0.2) is 0 Å². The number of rotatable bonds is 3. The second-order valence-corrected chi connectivity index (χ2v) is 4.33. The Labute approximate surface area is 74.3 Å². The van der Waals surface area contributed by atoms with Gasteiger partial charge < -0.3 is 4.43 Å². The largest absolute Gasteiger partial charge is 0.422 e. The lowest BCUT2D eigenvalue weighted by atomic mass is 10.2. The quantitative estimate of drug-likeness (QED) is 0.501. The maximum atomic E-state index is 5.64. The van der Waals surface area contributed by atoms with Gasteiger partial charge in [0.1, 0.15) is 0 Å². The molecule has 0 spiro atoms. The Bertz CT molecular complexity index is 210. The van der Waals surface area contributed by atoms with Crippen LogP contribution in [0.2, 0.25) is 0 Å². The van der Waals surface area contributed by atoms with Crippen LogP contribution in [0, 0.1) is 0 Å². The van der Waals surface area contributed by atoms with Gasteiger partial charge in [-0.2, -0.15) is 0 Å². The van der Waals surface area contributed by atoms with E-state index < -0.39 is 9.76 Å². The molecule has 11 heavy (non-hydrogen) atoms. The first-order chi connectivity index (χ1) is 5.36. The van der Waals surface area contributed by atoms with Gasteiger partial charge in [0.2, 0.25) is 0 Å². The van der Waals surface area contributed by atoms with Gasteiger partial charge in [0.05, 0.1) is 0 Å². The molecule has 0 aromatic heterocycles. The molecule has 0 saturated heterocycles. The fraction of sp³-hybridized carbons (Fsp3) is 0.250. The molecule has 0 unspecified atom stereocenters. The first-order valence-electron chi connectivity index (χ1n) is 3.49. The van der Waals surface area contributed by atoms with E-state index in [1.165, 1.54) is 10.8 Å². The van der Waals surface area contributed by atoms with Crippen molar-refractivity contribution >= 4 is 26.6 Å². The maximum Gasteiger partial charge on any atom is 0.191 e.